The number of hydrogen-bond donors (Lipinski definition) is 1. The maximum absolute atomic E-state index is 8.78. The summed E-state index contributed by atoms with van der Waals surface area (Å²) in [5, 5.41) is 9.58. The molecule has 7 heteroatoms. The summed E-state index contributed by atoms with van der Waals surface area (Å²) in [6, 6.07) is 6.93. The van der Waals surface area contributed by atoms with E-state index in [1.54, 1.807) is 18.3 Å². The molecule has 0 aromatic carbocycles. The van der Waals surface area contributed by atoms with Gasteiger partial charge in [-0.1, -0.05) is 23.4 Å². The molecule has 0 aliphatic carbocycles. The Morgan fingerprint density at radius 2 is 2.22 bits per heavy atom. The SMILES string of the molecule is N#Cc1ccnc(CSc2nc(N)cc(Cl)n2)c1. The zero-order valence-electron chi connectivity index (χ0n) is 9.17. The zero-order chi connectivity index (χ0) is 13.0. The average Bonchev–Trinajstić information content (AvgIpc) is 2.35. The highest BCUT2D eigenvalue weighted by molar-refractivity contribution is 7.98. The lowest BCUT2D eigenvalue weighted by Gasteiger charge is -2.02. The average molecular weight is 278 g/mol. The van der Waals surface area contributed by atoms with Gasteiger partial charge >= 0.3 is 0 Å². The molecule has 0 bridgehead atoms. The fourth-order valence-electron chi connectivity index (χ4n) is 1.24. The molecular formula is C11H8ClN5S. The number of nitrogens with zero attached hydrogens (tertiary/aromatic N) is 4. The first-order valence-electron chi connectivity index (χ1n) is 4.95. The molecule has 0 spiro atoms. The van der Waals surface area contributed by atoms with Gasteiger partial charge in [0.05, 0.1) is 17.3 Å². The van der Waals surface area contributed by atoms with Crippen LogP contribution in [0.2, 0.25) is 5.15 Å². The van der Waals surface area contributed by atoms with Crippen molar-refractivity contribution in [1.29, 1.82) is 5.26 Å². The molecule has 0 saturated heterocycles. The van der Waals surface area contributed by atoms with Gasteiger partial charge in [0.25, 0.3) is 0 Å². The number of hydrogen-bond acceptors (Lipinski definition) is 6. The van der Waals surface area contributed by atoms with Crippen LogP contribution in [0.25, 0.3) is 0 Å². The van der Waals surface area contributed by atoms with Crippen LogP contribution in [0.4, 0.5) is 5.82 Å². The number of thioether (sulfide) groups is 1. The Balaban J connectivity index is 2.09. The normalized spacial score (nSPS) is 10.0. The van der Waals surface area contributed by atoms with Crippen LogP contribution in [0.15, 0.2) is 29.6 Å². The van der Waals surface area contributed by atoms with Gasteiger partial charge in [-0.25, -0.2) is 9.97 Å². The quantitative estimate of drug-likeness (QED) is 0.526. The lowest BCUT2D eigenvalue weighted by atomic mass is 10.2. The first-order valence-corrected chi connectivity index (χ1v) is 6.31. The van der Waals surface area contributed by atoms with Crippen LogP contribution in [0.5, 0.6) is 0 Å². The van der Waals surface area contributed by atoms with Crippen LogP contribution >= 0.6 is 23.4 Å². The van der Waals surface area contributed by atoms with Crippen LogP contribution in [-0.4, -0.2) is 15.0 Å². The molecule has 18 heavy (non-hydrogen) atoms. The van der Waals surface area contributed by atoms with Gasteiger partial charge in [-0.2, -0.15) is 5.26 Å². The van der Waals surface area contributed by atoms with Crippen molar-refractivity contribution in [1.82, 2.24) is 15.0 Å². The molecule has 2 N–H and O–H groups in total. The Morgan fingerprint density at radius 1 is 1.39 bits per heavy atom. The summed E-state index contributed by atoms with van der Waals surface area (Å²) >= 11 is 7.14. The molecule has 90 valence electrons. The number of pyridine rings is 1. The maximum atomic E-state index is 8.78. The highest BCUT2D eigenvalue weighted by Crippen LogP contribution is 2.21. The Labute approximate surface area is 113 Å². The molecule has 0 atom stereocenters. The monoisotopic (exact) mass is 277 g/mol. The molecule has 0 unspecified atom stereocenters. The largest absolute Gasteiger partial charge is 0.384 e. The van der Waals surface area contributed by atoms with E-state index < -0.39 is 0 Å². The summed E-state index contributed by atoms with van der Waals surface area (Å²) in [7, 11) is 0. The minimum atomic E-state index is 0.309. The van der Waals surface area contributed by atoms with E-state index in [1.165, 1.54) is 17.8 Å². The second-order valence-corrected chi connectivity index (χ2v) is 4.66. The molecule has 0 amide bonds. The van der Waals surface area contributed by atoms with Crippen molar-refractivity contribution in [2.45, 2.75) is 10.9 Å². The van der Waals surface area contributed by atoms with Gasteiger partial charge in [0.1, 0.15) is 11.0 Å². The van der Waals surface area contributed by atoms with E-state index in [0.717, 1.165) is 5.69 Å². The van der Waals surface area contributed by atoms with Gasteiger partial charge in [0.15, 0.2) is 5.16 Å². The maximum Gasteiger partial charge on any atom is 0.191 e. The Hall–Kier alpha value is -1.84. The summed E-state index contributed by atoms with van der Waals surface area (Å²) in [6.07, 6.45) is 1.60. The highest BCUT2D eigenvalue weighted by atomic mass is 35.5. The van der Waals surface area contributed by atoms with E-state index in [1.807, 2.05) is 0 Å². The minimum absolute atomic E-state index is 0.309. The molecule has 0 aliphatic heterocycles. The van der Waals surface area contributed by atoms with Crippen LogP contribution in [0.3, 0.4) is 0 Å². The Bertz CT molecular complexity index is 590. The molecule has 0 aliphatic rings. The van der Waals surface area contributed by atoms with E-state index in [4.69, 9.17) is 22.6 Å². The Morgan fingerprint density at radius 3 is 2.94 bits per heavy atom. The number of halogens is 1. The van der Waals surface area contributed by atoms with Crippen LogP contribution in [0, 0.1) is 11.3 Å². The molecule has 2 heterocycles. The summed E-state index contributed by atoms with van der Waals surface area (Å²) in [5.74, 6) is 0.881. The molecule has 0 radical (unpaired) electrons. The first-order chi connectivity index (χ1) is 8.67. The van der Waals surface area contributed by atoms with Crippen molar-refractivity contribution in [2.24, 2.45) is 0 Å². The molecular weight excluding hydrogens is 270 g/mol. The Kier molecular flexibility index (Phi) is 3.97. The molecule has 2 aromatic rings. The fourth-order valence-corrected chi connectivity index (χ4v) is 2.25. The van der Waals surface area contributed by atoms with E-state index in [2.05, 4.69) is 21.0 Å². The summed E-state index contributed by atoms with van der Waals surface area (Å²) < 4.78 is 0. The second-order valence-electron chi connectivity index (χ2n) is 3.33. The zero-order valence-corrected chi connectivity index (χ0v) is 10.7. The summed E-state index contributed by atoms with van der Waals surface area (Å²) in [6.45, 7) is 0. The van der Waals surface area contributed by atoms with Gasteiger partial charge in [-0.15, -0.1) is 0 Å². The molecule has 2 aromatic heterocycles. The van der Waals surface area contributed by atoms with Gasteiger partial charge < -0.3 is 5.73 Å². The number of aromatic nitrogens is 3. The van der Waals surface area contributed by atoms with Crippen LogP contribution < -0.4 is 5.73 Å². The van der Waals surface area contributed by atoms with Crippen molar-refractivity contribution >= 4 is 29.2 Å². The molecule has 0 fully saturated rings. The van der Waals surface area contributed by atoms with Crippen molar-refractivity contribution in [2.75, 3.05) is 5.73 Å². The predicted molar refractivity (Wildman–Crippen MR) is 70.0 cm³/mol. The fraction of sp³-hybridized carbons (Fsp3) is 0.0909. The molecule has 0 saturated carbocycles. The van der Waals surface area contributed by atoms with Crippen molar-refractivity contribution in [3.05, 3.63) is 40.8 Å². The summed E-state index contributed by atoms with van der Waals surface area (Å²) in [4.78, 5) is 12.2. The standard InChI is InChI=1S/C11H8ClN5S/c12-9-4-10(14)17-11(16-9)18-6-8-3-7(5-13)1-2-15-8/h1-4H,6H2,(H2,14,16,17). The van der Waals surface area contributed by atoms with E-state index in [-0.39, 0.29) is 0 Å². The van der Waals surface area contributed by atoms with Gasteiger partial charge in [0.2, 0.25) is 0 Å². The van der Waals surface area contributed by atoms with Crippen molar-refractivity contribution in [3.8, 4) is 6.07 Å². The minimum Gasteiger partial charge on any atom is -0.384 e. The topological polar surface area (TPSA) is 88.5 Å². The third kappa shape index (κ3) is 3.32. The van der Waals surface area contributed by atoms with E-state index >= 15 is 0 Å². The van der Waals surface area contributed by atoms with Gasteiger partial charge in [0, 0.05) is 18.0 Å². The molecule has 5 nitrogen and oxygen atoms in total. The molecule has 2 rings (SSSR count). The third-order valence-corrected chi connectivity index (χ3v) is 3.06. The number of nitriles is 1. The van der Waals surface area contributed by atoms with Crippen LogP contribution in [0.1, 0.15) is 11.3 Å². The third-order valence-electron chi connectivity index (χ3n) is 1.99. The second kappa shape index (κ2) is 5.67. The number of anilines is 1. The van der Waals surface area contributed by atoms with Crippen LogP contribution in [-0.2, 0) is 5.75 Å². The number of nitrogens with two attached hydrogens (primary N) is 1. The number of rotatable bonds is 3. The van der Waals surface area contributed by atoms with Gasteiger partial charge in [-0.05, 0) is 12.1 Å². The van der Waals surface area contributed by atoms with Crippen molar-refractivity contribution < 1.29 is 0 Å². The van der Waals surface area contributed by atoms with E-state index in [9.17, 15) is 0 Å². The summed E-state index contributed by atoms with van der Waals surface area (Å²) in [5.41, 5.74) is 6.92. The van der Waals surface area contributed by atoms with Crippen molar-refractivity contribution in [3.63, 3.8) is 0 Å². The lowest BCUT2D eigenvalue weighted by molar-refractivity contribution is 0.973. The smallest absolute Gasteiger partial charge is 0.191 e. The van der Waals surface area contributed by atoms with Gasteiger partial charge in [-0.3, -0.25) is 4.98 Å². The first kappa shape index (κ1) is 12.6. The number of nitrogen functional groups attached to an aromatic ring is 1. The lowest BCUT2D eigenvalue weighted by Crippen LogP contribution is -1.95. The van der Waals surface area contributed by atoms with E-state index in [0.29, 0.717) is 27.4 Å². The highest BCUT2D eigenvalue weighted by Gasteiger charge is 2.04. The predicted octanol–water partition coefficient (Wildman–Crippen LogP) is 2.27.